The molecule has 1 saturated carbocycles. The zero-order valence-corrected chi connectivity index (χ0v) is 12.2. The molecular formula is C14H21F3N4. The highest BCUT2D eigenvalue weighted by Crippen LogP contribution is 2.37. The van der Waals surface area contributed by atoms with Crippen LogP contribution in [-0.4, -0.2) is 33.0 Å². The number of halogens is 3. The topological polar surface area (TPSA) is 42.7 Å². The maximum Gasteiger partial charge on any atom is 0.391 e. The van der Waals surface area contributed by atoms with Gasteiger partial charge in [-0.1, -0.05) is 6.42 Å². The van der Waals surface area contributed by atoms with Gasteiger partial charge >= 0.3 is 6.18 Å². The SMILES string of the molecule is Cc1nc2n(n1)C[C@H](N[C@@H]1CCC[C@H](C(F)(F)F)C1)CC2. The number of hydrogen-bond donors (Lipinski definition) is 1. The van der Waals surface area contributed by atoms with Gasteiger partial charge in [-0.25, -0.2) is 9.67 Å². The first-order valence-electron chi connectivity index (χ1n) is 7.65. The molecule has 0 bridgehead atoms. The van der Waals surface area contributed by atoms with E-state index in [-0.39, 0.29) is 24.9 Å². The van der Waals surface area contributed by atoms with E-state index in [1.165, 1.54) is 0 Å². The first-order valence-corrected chi connectivity index (χ1v) is 7.65. The van der Waals surface area contributed by atoms with E-state index in [0.29, 0.717) is 13.0 Å². The highest BCUT2D eigenvalue weighted by molar-refractivity contribution is 4.97. The summed E-state index contributed by atoms with van der Waals surface area (Å²) in [4.78, 5) is 4.35. The second-order valence-corrected chi connectivity index (χ2v) is 6.26. The molecule has 0 radical (unpaired) electrons. The summed E-state index contributed by atoms with van der Waals surface area (Å²) in [7, 11) is 0. The average molecular weight is 302 g/mol. The summed E-state index contributed by atoms with van der Waals surface area (Å²) in [6.45, 7) is 2.58. The lowest BCUT2D eigenvalue weighted by molar-refractivity contribution is -0.183. The van der Waals surface area contributed by atoms with Crippen LogP contribution < -0.4 is 5.32 Å². The Bertz CT molecular complexity index is 497. The van der Waals surface area contributed by atoms with Crippen LogP contribution in [0.2, 0.25) is 0 Å². The van der Waals surface area contributed by atoms with Crippen LogP contribution in [0.1, 0.15) is 43.8 Å². The van der Waals surface area contributed by atoms with E-state index in [4.69, 9.17) is 0 Å². The van der Waals surface area contributed by atoms with E-state index in [1.807, 2.05) is 11.6 Å². The van der Waals surface area contributed by atoms with Gasteiger partial charge in [0.05, 0.1) is 12.5 Å². The van der Waals surface area contributed by atoms with E-state index in [1.54, 1.807) is 0 Å². The third kappa shape index (κ3) is 3.39. The van der Waals surface area contributed by atoms with Crippen LogP contribution in [0.5, 0.6) is 0 Å². The minimum Gasteiger partial charge on any atom is -0.309 e. The van der Waals surface area contributed by atoms with Gasteiger partial charge in [-0.2, -0.15) is 18.3 Å². The van der Waals surface area contributed by atoms with Crippen molar-refractivity contribution in [2.75, 3.05) is 0 Å². The predicted molar refractivity (Wildman–Crippen MR) is 71.8 cm³/mol. The fraction of sp³-hybridized carbons (Fsp3) is 0.857. The molecule has 1 N–H and O–H groups in total. The van der Waals surface area contributed by atoms with E-state index in [2.05, 4.69) is 15.4 Å². The lowest BCUT2D eigenvalue weighted by Gasteiger charge is -2.34. The quantitative estimate of drug-likeness (QED) is 0.913. The molecule has 1 fully saturated rings. The monoisotopic (exact) mass is 302 g/mol. The van der Waals surface area contributed by atoms with Crippen molar-refractivity contribution < 1.29 is 13.2 Å². The Balaban J connectivity index is 1.57. The molecule has 3 atom stereocenters. The van der Waals surface area contributed by atoms with Gasteiger partial charge in [-0.05, 0) is 32.6 Å². The minimum absolute atomic E-state index is 0.0263. The molecule has 0 aromatic carbocycles. The van der Waals surface area contributed by atoms with E-state index < -0.39 is 12.1 Å². The number of fused-ring (bicyclic) bond motifs is 1. The molecule has 2 aliphatic rings. The Morgan fingerprint density at radius 1 is 1.19 bits per heavy atom. The molecule has 1 aromatic heterocycles. The molecule has 0 saturated heterocycles. The summed E-state index contributed by atoms with van der Waals surface area (Å²) < 4.78 is 40.4. The first kappa shape index (κ1) is 14.8. The maximum absolute atomic E-state index is 12.8. The summed E-state index contributed by atoms with van der Waals surface area (Å²) in [5, 5.41) is 7.76. The van der Waals surface area contributed by atoms with Gasteiger partial charge in [0, 0.05) is 18.5 Å². The van der Waals surface area contributed by atoms with Gasteiger partial charge in [0.2, 0.25) is 0 Å². The van der Waals surface area contributed by atoms with Crippen molar-refractivity contribution in [2.24, 2.45) is 5.92 Å². The van der Waals surface area contributed by atoms with Crippen molar-refractivity contribution in [1.29, 1.82) is 0 Å². The van der Waals surface area contributed by atoms with Gasteiger partial charge < -0.3 is 5.32 Å². The number of nitrogens with zero attached hydrogens (tertiary/aromatic N) is 3. The lowest BCUT2D eigenvalue weighted by Crippen LogP contribution is -2.46. The summed E-state index contributed by atoms with van der Waals surface area (Å²) in [6, 6.07) is 0.178. The van der Waals surface area contributed by atoms with Crippen LogP contribution in [0.15, 0.2) is 0 Å². The number of hydrogen-bond acceptors (Lipinski definition) is 3. The average Bonchev–Trinajstić information content (AvgIpc) is 2.77. The number of rotatable bonds is 2. The lowest BCUT2D eigenvalue weighted by atomic mass is 9.84. The highest BCUT2D eigenvalue weighted by Gasteiger charge is 2.42. The van der Waals surface area contributed by atoms with Gasteiger partial charge in [0.15, 0.2) is 0 Å². The third-order valence-corrected chi connectivity index (χ3v) is 4.57. The fourth-order valence-electron chi connectivity index (χ4n) is 3.54. The minimum atomic E-state index is -4.05. The van der Waals surface area contributed by atoms with Crippen molar-refractivity contribution in [3.8, 4) is 0 Å². The second kappa shape index (κ2) is 5.59. The number of nitrogens with one attached hydrogen (secondary N) is 1. The largest absolute Gasteiger partial charge is 0.391 e. The van der Waals surface area contributed by atoms with Crippen LogP contribution in [-0.2, 0) is 13.0 Å². The van der Waals surface area contributed by atoms with Gasteiger partial charge in [0.1, 0.15) is 11.6 Å². The van der Waals surface area contributed by atoms with Crippen molar-refractivity contribution >= 4 is 0 Å². The van der Waals surface area contributed by atoms with Gasteiger partial charge in [0.25, 0.3) is 0 Å². The van der Waals surface area contributed by atoms with Crippen LogP contribution >= 0.6 is 0 Å². The Morgan fingerprint density at radius 2 is 2.00 bits per heavy atom. The molecule has 7 heteroatoms. The molecule has 4 nitrogen and oxygen atoms in total. The highest BCUT2D eigenvalue weighted by atomic mass is 19.4. The molecular weight excluding hydrogens is 281 g/mol. The second-order valence-electron chi connectivity index (χ2n) is 6.26. The Labute approximate surface area is 122 Å². The molecule has 0 spiro atoms. The van der Waals surface area contributed by atoms with Crippen molar-refractivity contribution in [3.05, 3.63) is 11.6 Å². The van der Waals surface area contributed by atoms with Gasteiger partial charge in [-0.15, -0.1) is 0 Å². The smallest absolute Gasteiger partial charge is 0.309 e. The molecule has 3 rings (SSSR count). The molecule has 1 aliphatic carbocycles. The number of alkyl halides is 3. The predicted octanol–water partition coefficient (Wildman–Crippen LogP) is 2.61. The van der Waals surface area contributed by atoms with Crippen LogP contribution in [0.25, 0.3) is 0 Å². The standard InChI is InChI=1S/C14H21F3N4/c1-9-18-13-6-5-12(8-21(13)20-9)19-11-4-2-3-10(7-11)14(15,16)17/h10-12,19H,2-8H2,1H3/t10-,11+,12+/m0/s1. The molecule has 118 valence electrons. The fourth-order valence-corrected chi connectivity index (χ4v) is 3.54. The molecule has 21 heavy (non-hydrogen) atoms. The van der Waals surface area contributed by atoms with Crippen molar-refractivity contribution in [3.63, 3.8) is 0 Å². The summed E-state index contributed by atoms with van der Waals surface area (Å²) in [5.41, 5.74) is 0. The van der Waals surface area contributed by atoms with E-state index in [0.717, 1.165) is 30.9 Å². The van der Waals surface area contributed by atoms with Crippen LogP contribution in [0, 0.1) is 12.8 Å². The van der Waals surface area contributed by atoms with Gasteiger partial charge in [-0.3, -0.25) is 0 Å². The molecule has 0 amide bonds. The van der Waals surface area contributed by atoms with E-state index >= 15 is 0 Å². The Morgan fingerprint density at radius 3 is 2.76 bits per heavy atom. The molecule has 1 aliphatic heterocycles. The van der Waals surface area contributed by atoms with E-state index in [9.17, 15) is 13.2 Å². The summed E-state index contributed by atoms with van der Waals surface area (Å²) in [6.07, 6.45) is -0.307. The van der Waals surface area contributed by atoms with Crippen molar-refractivity contribution in [2.45, 2.75) is 70.3 Å². The van der Waals surface area contributed by atoms with Crippen molar-refractivity contribution in [1.82, 2.24) is 20.1 Å². The Kier molecular flexibility index (Phi) is 3.94. The first-order chi connectivity index (χ1) is 9.91. The molecule has 2 heterocycles. The Hall–Kier alpha value is -1.11. The summed E-state index contributed by atoms with van der Waals surface area (Å²) >= 11 is 0. The zero-order chi connectivity index (χ0) is 15.0. The number of aryl methyl sites for hydroxylation is 2. The third-order valence-electron chi connectivity index (χ3n) is 4.57. The van der Waals surface area contributed by atoms with Crippen LogP contribution in [0.4, 0.5) is 13.2 Å². The molecule has 1 aromatic rings. The van der Waals surface area contributed by atoms with Crippen LogP contribution in [0.3, 0.4) is 0 Å². The normalized spacial score (nSPS) is 30.2. The number of aromatic nitrogens is 3. The molecule has 0 unspecified atom stereocenters. The maximum atomic E-state index is 12.8. The zero-order valence-electron chi connectivity index (χ0n) is 12.2. The summed E-state index contributed by atoms with van der Waals surface area (Å²) in [5.74, 6) is 0.610.